The van der Waals surface area contributed by atoms with Gasteiger partial charge >= 0.3 is 5.97 Å². The van der Waals surface area contributed by atoms with Crippen molar-refractivity contribution in [2.75, 3.05) is 20.3 Å². The van der Waals surface area contributed by atoms with Crippen LogP contribution in [0.1, 0.15) is 21.7 Å². The summed E-state index contributed by atoms with van der Waals surface area (Å²) in [6.07, 6.45) is 1.00. The number of rotatable bonds is 9. The largest absolute Gasteiger partial charge is 0.478 e. The molecule has 0 radical (unpaired) electrons. The first-order valence-electron chi connectivity index (χ1n) is 9.05. The molecule has 3 aromatic rings. The smallest absolute Gasteiger partial charge is 0.337 e. The van der Waals surface area contributed by atoms with E-state index in [1.54, 1.807) is 0 Å². The molecule has 2 aromatic heterocycles. The number of nitrogens with one attached hydrogen (secondary N) is 1. The van der Waals surface area contributed by atoms with E-state index in [9.17, 15) is 19.5 Å². The van der Waals surface area contributed by atoms with E-state index in [-0.39, 0.29) is 23.4 Å². The van der Waals surface area contributed by atoms with Crippen molar-refractivity contribution in [3.63, 3.8) is 0 Å². The van der Waals surface area contributed by atoms with Crippen molar-refractivity contribution in [2.24, 2.45) is 0 Å². The summed E-state index contributed by atoms with van der Waals surface area (Å²) in [7, 11) is 1.53. The van der Waals surface area contributed by atoms with Gasteiger partial charge in [0.2, 0.25) is 5.91 Å². The highest BCUT2D eigenvalue weighted by Gasteiger charge is 2.20. The molecule has 1 aromatic carbocycles. The van der Waals surface area contributed by atoms with Crippen molar-refractivity contribution < 1.29 is 19.4 Å². The molecule has 152 valence electrons. The van der Waals surface area contributed by atoms with Gasteiger partial charge in [0.15, 0.2) is 0 Å². The third-order valence-corrected chi connectivity index (χ3v) is 5.29. The number of carboxylic acids is 1. The zero-order chi connectivity index (χ0) is 20.8. The molecule has 9 heteroatoms. The predicted octanol–water partition coefficient (Wildman–Crippen LogP) is 1.70. The molecular weight excluding hydrogens is 394 g/mol. The van der Waals surface area contributed by atoms with Gasteiger partial charge in [0.25, 0.3) is 5.56 Å². The minimum atomic E-state index is -1.20. The molecule has 0 spiro atoms. The summed E-state index contributed by atoms with van der Waals surface area (Å²) in [6.45, 7) is 0.523. The number of fused-ring (bicyclic) bond motifs is 1. The van der Waals surface area contributed by atoms with E-state index in [0.29, 0.717) is 36.6 Å². The molecule has 0 bridgehead atoms. The van der Waals surface area contributed by atoms with Gasteiger partial charge in [0.05, 0.1) is 17.6 Å². The van der Waals surface area contributed by atoms with Crippen molar-refractivity contribution in [3.8, 4) is 0 Å². The number of methoxy groups -OCH3 is 1. The lowest BCUT2D eigenvalue weighted by Crippen LogP contribution is -2.35. The Bertz CT molecular complexity index is 1070. The van der Waals surface area contributed by atoms with E-state index >= 15 is 0 Å². The normalized spacial score (nSPS) is 10.9. The van der Waals surface area contributed by atoms with Crippen LogP contribution in [0.3, 0.4) is 0 Å². The van der Waals surface area contributed by atoms with Gasteiger partial charge in [-0.15, -0.1) is 11.3 Å². The van der Waals surface area contributed by atoms with Crippen LogP contribution in [-0.4, -0.2) is 46.8 Å². The second kappa shape index (κ2) is 9.44. The van der Waals surface area contributed by atoms with Crippen molar-refractivity contribution in [3.05, 3.63) is 63.0 Å². The molecule has 0 aliphatic heterocycles. The van der Waals surface area contributed by atoms with Crippen LogP contribution in [0.2, 0.25) is 0 Å². The molecule has 8 nitrogen and oxygen atoms in total. The topological polar surface area (TPSA) is 111 Å². The van der Waals surface area contributed by atoms with Crippen molar-refractivity contribution in [1.82, 2.24) is 14.9 Å². The zero-order valence-corrected chi connectivity index (χ0v) is 16.7. The quantitative estimate of drug-likeness (QED) is 0.550. The molecule has 29 heavy (non-hydrogen) atoms. The Hall–Kier alpha value is -3.04. The lowest BCUT2D eigenvalue weighted by molar-refractivity contribution is -0.121. The summed E-state index contributed by atoms with van der Waals surface area (Å²) in [5.41, 5.74) is 0.468. The van der Waals surface area contributed by atoms with Gasteiger partial charge in [-0.2, -0.15) is 0 Å². The number of carboxylic acid groups (broad SMARTS) is 1. The number of carbonyl (C=O) groups excluding carboxylic acids is 1. The molecule has 3 rings (SSSR count). The van der Waals surface area contributed by atoms with Crippen LogP contribution in [0.15, 0.2) is 40.5 Å². The Balaban J connectivity index is 1.82. The number of carbonyl (C=O) groups is 2. The summed E-state index contributed by atoms with van der Waals surface area (Å²) in [5, 5.41) is 13.6. The Labute approximate surface area is 170 Å². The highest BCUT2D eigenvalue weighted by Crippen LogP contribution is 2.22. The maximum absolute atomic E-state index is 13.0. The monoisotopic (exact) mass is 415 g/mol. The molecule has 0 saturated carbocycles. The number of benzene rings is 1. The van der Waals surface area contributed by atoms with Gasteiger partial charge < -0.3 is 15.2 Å². The Kier molecular flexibility index (Phi) is 6.73. The molecule has 0 fully saturated rings. The molecule has 0 aliphatic rings. The number of amides is 1. The van der Waals surface area contributed by atoms with Crippen molar-refractivity contribution in [1.29, 1.82) is 0 Å². The van der Waals surface area contributed by atoms with Gasteiger partial charge in [-0.25, -0.2) is 9.78 Å². The van der Waals surface area contributed by atoms with Crippen LogP contribution in [0.4, 0.5) is 0 Å². The lowest BCUT2D eigenvalue weighted by atomic mass is 10.1. The molecule has 0 unspecified atom stereocenters. The first-order chi connectivity index (χ1) is 14.0. The molecule has 2 N–H and O–H groups in total. The van der Waals surface area contributed by atoms with E-state index in [4.69, 9.17) is 4.74 Å². The summed E-state index contributed by atoms with van der Waals surface area (Å²) in [4.78, 5) is 41.6. The number of hydrogen-bond donors (Lipinski definition) is 2. The van der Waals surface area contributed by atoms with E-state index < -0.39 is 11.5 Å². The maximum atomic E-state index is 13.0. The van der Waals surface area contributed by atoms with Crippen molar-refractivity contribution >= 4 is 33.4 Å². The second-order valence-electron chi connectivity index (χ2n) is 6.38. The van der Waals surface area contributed by atoms with Gasteiger partial charge in [0.1, 0.15) is 17.2 Å². The van der Waals surface area contributed by atoms with E-state index in [0.717, 1.165) is 16.9 Å². The molecule has 0 aliphatic carbocycles. The minimum absolute atomic E-state index is 0.0285. The summed E-state index contributed by atoms with van der Waals surface area (Å²) in [6, 6.07) is 9.73. The molecule has 0 saturated heterocycles. The fraction of sp³-hybridized carbons (Fsp3) is 0.300. The lowest BCUT2D eigenvalue weighted by Gasteiger charge is -2.13. The average molecular weight is 415 g/mol. The van der Waals surface area contributed by atoms with Crippen LogP contribution in [0.25, 0.3) is 10.2 Å². The fourth-order valence-corrected chi connectivity index (χ4v) is 3.88. The van der Waals surface area contributed by atoms with E-state index in [1.807, 2.05) is 30.3 Å². The molecule has 2 heterocycles. The van der Waals surface area contributed by atoms with Gasteiger partial charge in [-0.3, -0.25) is 14.2 Å². The zero-order valence-electron chi connectivity index (χ0n) is 15.9. The van der Waals surface area contributed by atoms with E-state index in [1.165, 1.54) is 17.1 Å². The second-order valence-corrected chi connectivity index (χ2v) is 7.24. The van der Waals surface area contributed by atoms with Gasteiger partial charge in [0, 0.05) is 25.5 Å². The highest BCUT2D eigenvalue weighted by molar-refractivity contribution is 7.17. The third kappa shape index (κ3) is 4.87. The number of aromatic carboxylic acids is 1. The average Bonchev–Trinajstić information content (AvgIpc) is 3.14. The van der Waals surface area contributed by atoms with Crippen molar-refractivity contribution in [2.45, 2.75) is 19.4 Å². The minimum Gasteiger partial charge on any atom is -0.478 e. The first-order valence-corrected chi connectivity index (χ1v) is 9.93. The maximum Gasteiger partial charge on any atom is 0.337 e. The number of nitrogens with zero attached hydrogens (tertiary/aromatic N) is 2. The van der Waals surface area contributed by atoms with Crippen LogP contribution >= 0.6 is 11.3 Å². The number of aromatic nitrogens is 2. The summed E-state index contributed by atoms with van der Waals surface area (Å²) in [5.74, 6) is -1.14. The predicted molar refractivity (Wildman–Crippen MR) is 110 cm³/mol. The standard InChI is InChI=1S/C20H21N3O5S/c1-28-10-8-15-22-18-17(14(12-29-18)20(26)27)19(25)23(15)11-16(24)21-9-7-13-5-3-2-4-6-13/h2-6,12H,7-11H2,1H3,(H,21,24)(H,26,27). The summed E-state index contributed by atoms with van der Waals surface area (Å²) >= 11 is 1.10. The van der Waals surface area contributed by atoms with E-state index in [2.05, 4.69) is 10.3 Å². The van der Waals surface area contributed by atoms with Crippen LogP contribution < -0.4 is 10.9 Å². The number of hydrogen-bond acceptors (Lipinski definition) is 6. The van der Waals surface area contributed by atoms with Crippen LogP contribution in [0.5, 0.6) is 0 Å². The van der Waals surface area contributed by atoms with Crippen LogP contribution in [-0.2, 0) is 28.9 Å². The summed E-state index contributed by atoms with van der Waals surface area (Å²) < 4.78 is 6.30. The first kappa shape index (κ1) is 20.7. The third-order valence-electron chi connectivity index (χ3n) is 4.41. The fourth-order valence-electron chi connectivity index (χ4n) is 2.96. The van der Waals surface area contributed by atoms with Crippen LogP contribution in [0, 0.1) is 0 Å². The Morgan fingerprint density at radius 2 is 2.00 bits per heavy atom. The highest BCUT2D eigenvalue weighted by atomic mass is 32.1. The number of thiophene rings is 1. The Morgan fingerprint density at radius 3 is 2.69 bits per heavy atom. The molecule has 1 amide bonds. The SMILES string of the molecule is COCCc1nc2scc(C(=O)O)c2c(=O)n1CC(=O)NCCc1ccccc1. The number of ether oxygens (including phenoxy) is 1. The molecule has 0 atom stereocenters. The van der Waals surface area contributed by atoms with Gasteiger partial charge in [-0.1, -0.05) is 30.3 Å². The van der Waals surface area contributed by atoms with Gasteiger partial charge in [-0.05, 0) is 12.0 Å². The Morgan fingerprint density at radius 1 is 1.24 bits per heavy atom. The molecular formula is C20H21N3O5S.